The van der Waals surface area contributed by atoms with Crippen LogP contribution in [0.25, 0.3) is 0 Å². The van der Waals surface area contributed by atoms with Gasteiger partial charge in [-0.25, -0.2) is 13.8 Å². The fourth-order valence-corrected chi connectivity index (χ4v) is 4.90. The molecule has 8 nitrogen and oxygen atoms in total. The average molecular weight is 520 g/mol. The summed E-state index contributed by atoms with van der Waals surface area (Å²) >= 11 is 12.0. The molecule has 0 saturated heterocycles. The molecule has 34 heavy (non-hydrogen) atoms. The summed E-state index contributed by atoms with van der Waals surface area (Å²) in [6, 6.07) is 17.8. The highest BCUT2D eigenvalue weighted by Crippen LogP contribution is 2.32. The van der Waals surface area contributed by atoms with E-state index in [4.69, 9.17) is 32.7 Å². The molecule has 0 aliphatic carbocycles. The summed E-state index contributed by atoms with van der Waals surface area (Å²) in [6.07, 6.45) is 1.43. The van der Waals surface area contributed by atoms with E-state index in [1.54, 1.807) is 54.6 Å². The van der Waals surface area contributed by atoms with Gasteiger partial charge < -0.3 is 9.47 Å². The molecule has 0 radical (unpaired) electrons. The first-order valence-electron chi connectivity index (χ1n) is 10.0. The van der Waals surface area contributed by atoms with E-state index in [0.717, 1.165) is 4.31 Å². The summed E-state index contributed by atoms with van der Waals surface area (Å²) in [4.78, 5) is 12.7. The van der Waals surface area contributed by atoms with Crippen LogP contribution in [0.2, 0.25) is 10.0 Å². The number of hydrogen-bond donors (Lipinski definition) is 1. The van der Waals surface area contributed by atoms with E-state index in [2.05, 4.69) is 10.5 Å². The Bertz CT molecular complexity index is 1330. The van der Waals surface area contributed by atoms with Crippen LogP contribution in [0.15, 0.2) is 76.7 Å². The van der Waals surface area contributed by atoms with Crippen molar-refractivity contribution in [3.8, 4) is 11.5 Å². The van der Waals surface area contributed by atoms with E-state index in [-0.39, 0.29) is 23.3 Å². The van der Waals surface area contributed by atoms with Gasteiger partial charge in [0.2, 0.25) is 16.8 Å². The van der Waals surface area contributed by atoms with Gasteiger partial charge in [-0.3, -0.25) is 4.79 Å². The van der Waals surface area contributed by atoms with E-state index in [0.29, 0.717) is 27.6 Å². The number of rotatable bonds is 8. The number of carbonyl (C=O) groups is 1. The number of ether oxygens (including phenoxy) is 2. The molecule has 11 heteroatoms. The molecule has 3 aromatic carbocycles. The summed E-state index contributed by atoms with van der Waals surface area (Å²) < 4.78 is 38.1. The van der Waals surface area contributed by atoms with E-state index in [9.17, 15) is 13.2 Å². The van der Waals surface area contributed by atoms with Crippen LogP contribution in [0.3, 0.4) is 0 Å². The van der Waals surface area contributed by atoms with Crippen molar-refractivity contribution in [2.75, 3.05) is 13.3 Å². The summed E-state index contributed by atoms with van der Waals surface area (Å²) in [6.45, 7) is -0.402. The smallest absolute Gasteiger partial charge is 0.255 e. The molecule has 1 aliphatic rings. The molecule has 0 saturated carbocycles. The Labute approximate surface area is 206 Å². The van der Waals surface area contributed by atoms with Gasteiger partial charge in [-0.15, -0.1) is 0 Å². The number of amides is 1. The van der Waals surface area contributed by atoms with Gasteiger partial charge in [0.05, 0.1) is 27.7 Å². The Morgan fingerprint density at radius 1 is 1.00 bits per heavy atom. The molecule has 0 atom stereocenters. The zero-order chi connectivity index (χ0) is 24.1. The van der Waals surface area contributed by atoms with Gasteiger partial charge >= 0.3 is 0 Å². The highest BCUT2D eigenvalue weighted by atomic mass is 35.5. The number of sulfonamides is 1. The van der Waals surface area contributed by atoms with Crippen LogP contribution in [0, 0.1) is 0 Å². The summed E-state index contributed by atoms with van der Waals surface area (Å²) in [5, 5.41) is 4.56. The second-order valence-corrected chi connectivity index (χ2v) is 9.99. The maximum atomic E-state index is 13.3. The number of hydrogen-bond acceptors (Lipinski definition) is 6. The van der Waals surface area contributed by atoms with Crippen molar-refractivity contribution < 1.29 is 22.7 Å². The molecule has 1 aliphatic heterocycles. The Balaban J connectivity index is 1.50. The minimum Gasteiger partial charge on any atom is -0.454 e. The SMILES string of the molecule is O=C(CN(Cc1ccc(Cl)c(Cl)c1)S(=O)(=O)c1ccccc1)N/N=C\c1ccc2c(c1)OCO2. The fourth-order valence-electron chi connectivity index (χ4n) is 3.18. The minimum atomic E-state index is -3.99. The van der Waals surface area contributed by atoms with Crippen LogP contribution < -0.4 is 14.9 Å². The molecule has 4 rings (SSSR count). The lowest BCUT2D eigenvalue weighted by Gasteiger charge is -2.21. The third-order valence-electron chi connectivity index (χ3n) is 4.84. The molecule has 1 amide bonds. The Morgan fingerprint density at radius 3 is 2.53 bits per heavy atom. The summed E-state index contributed by atoms with van der Waals surface area (Å²) in [5.74, 6) is 0.596. The van der Waals surface area contributed by atoms with Crippen LogP contribution >= 0.6 is 23.2 Å². The van der Waals surface area contributed by atoms with E-state index < -0.39 is 22.5 Å². The second-order valence-electron chi connectivity index (χ2n) is 7.24. The molecular weight excluding hydrogens is 501 g/mol. The molecule has 0 bridgehead atoms. The largest absolute Gasteiger partial charge is 0.454 e. The minimum absolute atomic E-state index is 0.0618. The standard InChI is InChI=1S/C23H19Cl2N3O5S/c24-19-8-6-17(10-20(19)25)13-28(34(30,31)18-4-2-1-3-5-18)14-23(29)27-26-12-16-7-9-21-22(11-16)33-15-32-21/h1-12H,13-15H2,(H,27,29)/b26-12-. The molecule has 0 fully saturated rings. The van der Waals surface area contributed by atoms with Crippen molar-refractivity contribution >= 4 is 45.3 Å². The molecule has 0 spiro atoms. The maximum absolute atomic E-state index is 13.3. The lowest BCUT2D eigenvalue weighted by Crippen LogP contribution is -2.39. The number of fused-ring (bicyclic) bond motifs is 1. The molecule has 176 valence electrons. The second kappa shape index (κ2) is 10.4. The average Bonchev–Trinajstić information content (AvgIpc) is 3.29. The predicted octanol–water partition coefficient (Wildman–Crippen LogP) is 4.06. The number of hydrazone groups is 1. The van der Waals surface area contributed by atoms with E-state index in [1.807, 2.05) is 0 Å². The van der Waals surface area contributed by atoms with Crippen molar-refractivity contribution in [2.45, 2.75) is 11.4 Å². The van der Waals surface area contributed by atoms with Crippen molar-refractivity contribution in [1.82, 2.24) is 9.73 Å². The summed E-state index contributed by atoms with van der Waals surface area (Å²) in [5.41, 5.74) is 3.61. The van der Waals surface area contributed by atoms with Gasteiger partial charge in [0.25, 0.3) is 5.91 Å². The third-order valence-corrected chi connectivity index (χ3v) is 7.39. The van der Waals surface area contributed by atoms with Gasteiger partial charge in [0.15, 0.2) is 11.5 Å². The van der Waals surface area contributed by atoms with Gasteiger partial charge in [0.1, 0.15) is 0 Å². The fraction of sp³-hybridized carbons (Fsp3) is 0.130. The molecule has 3 aromatic rings. The van der Waals surface area contributed by atoms with Crippen molar-refractivity contribution in [2.24, 2.45) is 5.10 Å². The van der Waals surface area contributed by atoms with Crippen molar-refractivity contribution in [1.29, 1.82) is 0 Å². The number of nitrogens with zero attached hydrogens (tertiary/aromatic N) is 2. The number of nitrogens with one attached hydrogen (secondary N) is 1. The van der Waals surface area contributed by atoms with Crippen LogP contribution in [0.5, 0.6) is 11.5 Å². The first kappa shape index (κ1) is 24.0. The third kappa shape index (κ3) is 5.68. The molecular formula is C23H19Cl2N3O5S. The molecule has 1 heterocycles. The number of halogens is 2. The van der Waals surface area contributed by atoms with E-state index >= 15 is 0 Å². The topological polar surface area (TPSA) is 97.3 Å². The monoisotopic (exact) mass is 519 g/mol. The van der Waals surface area contributed by atoms with Crippen molar-refractivity contribution in [3.05, 3.63) is 87.9 Å². The van der Waals surface area contributed by atoms with Gasteiger partial charge in [-0.05, 0) is 53.6 Å². The van der Waals surface area contributed by atoms with Gasteiger partial charge in [-0.1, -0.05) is 47.5 Å². The number of benzene rings is 3. The zero-order valence-electron chi connectivity index (χ0n) is 17.6. The van der Waals surface area contributed by atoms with Gasteiger partial charge in [0, 0.05) is 6.54 Å². The normalized spacial score (nSPS) is 12.9. The molecule has 0 aromatic heterocycles. The molecule has 1 N–H and O–H groups in total. The van der Waals surface area contributed by atoms with E-state index in [1.165, 1.54) is 18.3 Å². The van der Waals surface area contributed by atoms with Gasteiger partial charge in [-0.2, -0.15) is 9.41 Å². The Hall–Kier alpha value is -3.11. The van der Waals surface area contributed by atoms with Crippen LogP contribution in [-0.4, -0.2) is 38.2 Å². The highest BCUT2D eigenvalue weighted by molar-refractivity contribution is 7.89. The van der Waals surface area contributed by atoms with Crippen molar-refractivity contribution in [3.63, 3.8) is 0 Å². The lowest BCUT2D eigenvalue weighted by atomic mass is 10.2. The maximum Gasteiger partial charge on any atom is 0.255 e. The molecule has 0 unspecified atom stereocenters. The first-order chi connectivity index (χ1) is 16.3. The van der Waals surface area contributed by atoms with Crippen LogP contribution in [0.4, 0.5) is 0 Å². The quantitative estimate of drug-likeness (QED) is 0.357. The Morgan fingerprint density at radius 2 is 1.76 bits per heavy atom. The zero-order valence-corrected chi connectivity index (χ0v) is 20.0. The Kier molecular flexibility index (Phi) is 7.38. The predicted molar refractivity (Wildman–Crippen MR) is 129 cm³/mol. The first-order valence-corrected chi connectivity index (χ1v) is 12.2. The van der Waals surface area contributed by atoms with Crippen LogP contribution in [-0.2, 0) is 21.4 Å². The highest BCUT2D eigenvalue weighted by Gasteiger charge is 2.27. The lowest BCUT2D eigenvalue weighted by molar-refractivity contribution is -0.121. The summed E-state index contributed by atoms with van der Waals surface area (Å²) in [7, 11) is -3.99. The number of carbonyl (C=O) groups excluding carboxylic acids is 1. The van der Waals surface area contributed by atoms with Crippen LogP contribution in [0.1, 0.15) is 11.1 Å².